The SMILES string of the molecule is O=C(Nc1ccc(Cl)cc1)C1CCCN(C(=O)c2cncc(-c3ccco3)c2)C1. The number of piperidine rings is 1. The Bertz CT molecular complexity index is 1000. The number of hydrogen-bond acceptors (Lipinski definition) is 4. The second-order valence-electron chi connectivity index (χ2n) is 7.03. The van der Waals surface area contributed by atoms with Gasteiger partial charge in [0.15, 0.2) is 0 Å². The van der Waals surface area contributed by atoms with Gasteiger partial charge in [-0.15, -0.1) is 0 Å². The number of likely N-dealkylation sites (tertiary alicyclic amines) is 1. The van der Waals surface area contributed by atoms with E-state index in [2.05, 4.69) is 10.3 Å². The van der Waals surface area contributed by atoms with Gasteiger partial charge in [-0.05, 0) is 55.3 Å². The van der Waals surface area contributed by atoms with Crippen molar-refractivity contribution >= 4 is 29.1 Å². The van der Waals surface area contributed by atoms with Crippen LogP contribution in [0.25, 0.3) is 11.3 Å². The highest BCUT2D eigenvalue weighted by atomic mass is 35.5. The number of nitrogens with one attached hydrogen (secondary N) is 1. The molecule has 148 valence electrons. The molecular formula is C22H20ClN3O3. The Morgan fingerprint density at radius 1 is 1.17 bits per heavy atom. The molecule has 0 spiro atoms. The second-order valence-corrected chi connectivity index (χ2v) is 7.46. The summed E-state index contributed by atoms with van der Waals surface area (Å²) in [4.78, 5) is 31.6. The lowest BCUT2D eigenvalue weighted by atomic mass is 9.96. The lowest BCUT2D eigenvalue weighted by molar-refractivity contribution is -0.121. The van der Waals surface area contributed by atoms with E-state index in [0.29, 0.717) is 35.1 Å². The van der Waals surface area contributed by atoms with Gasteiger partial charge >= 0.3 is 0 Å². The van der Waals surface area contributed by atoms with E-state index >= 15 is 0 Å². The number of aromatic nitrogens is 1. The molecule has 1 saturated heterocycles. The monoisotopic (exact) mass is 409 g/mol. The van der Waals surface area contributed by atoms with Crippen LogP contribution in [-0.2, 0) is 4.79 Å². The Hall–Kier alpha value is -3.12. The molecule has 6 nitrogen and oxygen atoms in total. The van der Waals surface area contributed by atoms with Gasteiger partial charge in [-0.1, -0.05) is 11.6 Å². The molecule has 1 aliphatic rings. The van der Waals surface area contributed by atoms with Crippen LogP contribution in [0.3, 0.4) is 0 Å². The summed E-state index contributed by atoms with van der Waals surface area (Å²) >= 11 is 5.88. The van der Waals surface area contributed by atoms with Crippen molar-refractivity contribution in [2.75, 3.05) is 18.4 Å². The van der Waals surface area contributed by atoms with Crippen molar-refractivity contribution in [1.82, 2.24) is 9.88 Å². The Kier molecular flexibility index (Phi) is 5.62. The fourth-order valence-corrected chi connectivity index (χ4v) is 3.60. The summed E-state index contributed by atoms with van der Waals surface area (Å²) in [5.74, 6) is 0.179. The lowest BCUT2D eigenvalue weighted by Gasteiger charge is -2.32. The van der Waals surface area contributed by atoms with E-state index < -0.39 is 0 Å². The van der Waals surface area contributed by atoms with Crippen molar-refractivity contribution in [2.45, 2.75) is 12.8 Å². The van der Waals surface area contributed by atoms with E-state index in [1.807, 2.05) is 6.07 Å². The van der Waals surface area contributed by atoms with Crippen molar-refractivity contribution in [3.05, 3.63) is 71.7 Å². The quantitative estimate of drug-likeness (QED) is 0.689. The molecule has 1 fully saturated rings. The zero-order valence-electron chi connectivity index (χ0n) is 15.7. The van der Waals surface area contributed by atoms with Gasteiger partial charge in [-0.3, -0.25) is 14.6 Å². The van der Waals surface area contributed by atoms with Gasteiger partial charge in [0, 0.05) is 41.8 Å². The largest absolute Gasteiger partial charge is 0.464 e. The maximum atomic E-state index is 13.0. The maximum absolute atomic E-state index is 13.0. The van der Waals surface area contributed by atoms with Crippen molar-refractivity contribution < 1.29 is 14.0 Å². The topological polar surface area (TPSA) is 75.4 Å². The third kappa shape index (κ3) is 4.49. The molecule has 2 amide bonds. The van der Waals surface area contributed by atoms with E-state index in [1.165, 1.54) is 0 Å². The van der Waals surface area contributed by atoms with Crippen molar-refractivity contribution in [3.63, 3.8) is 0 Å². The number of hydrogen-bond donors (Lipinski definition) is 1. The molecule has 4 rings (SSSR count). The van der Waals surface area contributed by atoms with E-state index in [1.54, 1.807) is 60.0 Å². The zero-order chi connectivity index (χ0) is 20.2. The first-order valence-corrected chi connectivity index (χ1v) is 9.82. The Morgan fingerprint density at radius 3 is 2.76 bits per heavy atom. The fourth-order valence-electron chi connectivity index (χ4n) is 3.47. The van der Waals surface area contributed by atoms with Crippen LogP contribution in [0.4, 0.5) is 5.69 Å². The molecule has 1 N–H and O–H groups in total. The molecule has 0 radical (unpaired) electrons. The lowest BCUT2D eigenvalue weighted by Crippen LogP contribution is -2.43. The summed E-state index contributed by atoms with van der Waals surface area (Å²) in [7, 11) is 0. The zero-order valence-corrected chi connectivity index (χ0v) is 16.4. The van der Waals surface area contributed by atoms with Crippen molar-refractivity contribution in [1.29, 1.82) is 0 Å². The first kappa shape index (κ1) is 19.2. The molecule has 2 aromatic heterocycles. The van der Waals surface area contributed by atoms with Gasteiger partial charge < -0.3 is 14.6 Å². The summed E-state index contributed by atoms with van der Waals surface area (Å²) in [5.41, 5.74) is 1.92. The van der Waals surface area contributed by atoms with Gasteiger partial charge in [0.2, 0.25) is 5.91 Å². The molecule has 0 bridgehead atoms. The number of amides is 2. The number of halogens is 1. The van der Waals surface area contributed by atoms with Gasteiger partial charge in [-0.2, -0.15) is 0 Å². The maximum Gasteiger partial charge on any atom is 0.255 e. The van der Waals surface area contributed by atoms with Crippen LogP contribution in [0.5, 0.6) is 0 Å². The Morgan fingerprint density at radius 2 is 2.00 bits per heavy atom. The summed E-state index contributed by atoms with van der Waals surface area (Å²) < 4.78 is 5.39. The number of benzene rings is 1. The van der Waals surface area contributed by atoms with Crippen LogP contribution in [-0.4, -0.2) is 34.8 Å². The molecule has 0 saturated carbocycles. The smallest absolute Gasteiger partial charge is 0.255 e. The number of rotatable bonds is 4. The Balaban J connectivity index is 1.44. The Labute approximate surface area is 173 Å². The van der Waals surface area contributed by atoms with Crippen LogP contribution in [0, 0.1) is 5.92 Å². The molecule has 1 aliphatic heterocycles. The van der Waals surface area contributed by atoms with E-state index in [4.69, 9.17) is 16.0 Å². The van der Waals surface area contributed by atoms with Crippen LogP contribution < -0.4 is 5.32 Å². The number of carbonyl (C=O) groups excluding carboxylic acids is 2. The molecule has 29 heavy (non-hydrogen) atoms. The highest BCUT2D eigenvalue weighted by molar-refractivity contribution is 6.30. The minimum Gasteiger partial charge on any atom is -0.464 e. The second kappa shape index (κ2) is 8.49. The summed E-state index contributed by atoms with van der Waals surface area (Å²) in [5, 5.41) is 3.52. The molecule has 3 heterocycles. The highest BCUT2D eigenvalue weighted by Gasteiger charge is 2.29. The third-order valence-corrected chi connectivity index (χ3v) is 5.23. The number of anilines is 1. The molecule has 1 aromatic carbocycles. The van der Waals surface area contributed by atoms with E-state index in [-0.39, 0.29) is 17.7 Å². The minimum atomic E-state index is -0.260. The van der Waals surface area contributed by atoms with Crippen LogP contribution >= 0.6 is 11.6 Å². The number of carbonyl (C=O) groups is 2. The van der Waals surface area contributed by atoms with Gasteiger partial charge in [0.25, 0.3) is 5.91 Å². The predicted octanol–water partition coefficient (Wildman–Crippen LogP) is 4.49. The number of furan rings is 1. The van der Waals surface area contributed by atoms with Crippen molar-refractivity contribution in [2.24, 2.45) is 5.92 Å². The first-order valence-electron chi connectivity index (χ1n) is 9.45. The van der Waals surface area contributed by atoms with Crippen LogP contribution in [0.2, 0.25) is 5.02 Å². The summed E-state index contributed by atoms with van der Waals surface area (Å²) in [6.07, 6.45) is 6.31. The number of pyridine rings is 1. The number of nitrogens with zero attached hydrogens (tertiary/aromatic N) is 2. The highest BCUT2D eigenvalue weighted by Crippen LogP contribution is 2.24. The normalized spacial score (nSPS) is 16.4. The van der Waals surface area contributed by atoms with E-state index in [0.717, 1.165) is 18.4 Å². The molecular weight excluding hydrogens is 390 g/mol. The molecule has 1 atom stereocenters. The molecule has 0 aliphatic carbocycles. The average molecular weight is 410 g/mol. The average Bonchev–Trinajstić information content (AvgIpc) is 3.30. The van der Waals surface area contributed by atoms with Crippen LogP contribution in [0.15, 0.2) is 65.5 Å². The van der Waals surface area contributed by atoms with Gasteiger partial charge in [0.1, 0.15) is 5.76 Å². The first-order chi connectivity index (χ1) is 14.1. The molecule has 7 heteroatoms. The van der Waals surface area contributed by atoms with Crippen molar-refractivity contribution in [3.8, 4) is 11.3 Å². The predicted molar refractivity (Wildman–Crippen MR) is 111 cm³/mol. The molecule has 1 unspecified atom stereocenters. The minimum absolute atomic E-state index is 0.0905. The third-order valence-electron chi connectivity index (χ3n) is 4.98. The molecule has 3 aromatic rings. The van der Waals surface area contributed by atoms with Gasteiger partial charge in [-0.25, -0.2) is 0 Å². The fraction of sp³-hybridized carbons (Fsp3) is 0.227. The summed E-state index contributed by atoms with van der Waals surface area (Å²) in [6.45, 7) is 0.998. The van der Waals surface area contributed by atoms with E-state index in [9.17, 15) is 9.59 Å². The van der Waals surface area contributed by atoms with Gasteiger partial charge in [0.05, 0.1) is 17.7 Å². The standard InChI is InChI=1S/C22H20ClN3O3/c23-18-5-7-19(8-6-18)25-21(27)15-3-1-9-26(14-15)22(28)17-11-16(12-24-13-17)20-4-2-10-29-20/h2,4-8,10-13,15H,1,3,9,14H2,(H,25,27). The van der Waals surface area contributed by atoms with Crippen LogP contribution in [0.1, 0.15) is 23.2 Å². The summed E-state index contributed by atoms with van der Waals surface area (Å²) in [6, 6.07) is 12.4.